The summed E-state index contributed by atoms with van der Waals surface area (Å²) in [6, 6.07) is 17.2. The summed E-state index contributed by atoms with van der Waals surface area (Å²) in [6.07, 6.45) is 8.07. The maximum absolute atomic E-state index is 6.72. The monoisotopic (exact) mass is 476 g/mol. The first-order valence-electron chi connectivity index (χ1n) is 13.8. The molecule has 3 fully saturated rings. The molecular weight excluding hydrogens is 436 g/mol. The van der Waals surface area contributed by atoms with Crippen molar-refractivity contribution in [1.82, 2.24) is 0 Å². The fraction of sp³-hybridized carbons (Fsp3) is 0.613. The third-order valence-corrected chi connectivity index (χ3v) is 9.53. The van der Waals surface area contributed by atoms with E-state index in [0.717, 1.165) is 57.7 Å². The lowest BCUT2D eigenvalue weighted by Gasteiger charge is -2.55. The quantitative estimate of drug-likeness (QED) is 0.419. The van der Waals surface area contributed by atoms with Gasteiger partial charge in [0.2, 0.25) is 0 Å². The lowest BCUT2D eigenvalue weighted by atomic mass is 9.53. The van der Waals surface area contributed by atoms with Crippen LogP contribution in [0.2, 0.25) is 0 Å². The smallest absolute Gasteiger partial charge is 0.174 e. The molecule has 0 aromatic heterocycles. The van der Waals surface area contributed by atoms with E-state index in [1.54, 1.807) is 0 Å². The van der Waals surface area contributed by atoms with E-state index >= 15 is 0 Å². The average molecular weight is 477 g/mol. The van der Waals surface area contributed by atoms with Gasteiger partial charge in [-0.25, -0.2) is 0 Å². The highest BCUT2D eigenvalue weighted by atomic mass is 16.7. The van der Waals surface area contributed by atoms with Crippen molar-refractivity contribution in [2.24, 2.45) is 17.3 Å². The third-order valence-electron chi connectivity index (χ3n) is 9.53. The molecular formula is C31H40O4. The molecule has 0 amide bonds. The summed E-state index contributed by atoms with van der Waals surface area (Å²) in [7, 11) is 0. The predicted octanol–water partition coefficient (Wildman–Crippen LogP) is 6.66. The Labute approximate surface area is 210 Å². The normalized spacial score (nSPS) is 32.7. The molecule has 1 heterocycles. The molecule has 2 aromatic rings. The molecule has 0 unspecified atom stereocenters. The molecule has 0 radical (unpaired) electrons. The zero-order valence-corrected chi connectivity index (χ0v) is 21.3. The van der Waals surface area contributed by atoms with Gasteiger partial charge in [0.25, 0.3) is 0 Å². The summed E-state index contributed by atoms with van der Waals surface area (Å²) in [5, 5.41) is 0. The Balaban J connectivity index is 1.28. The summed E-state index contributed by atoms with van der Waals surface area (Å²) in [6.45, 7) is 7.59. The van der Waals surface area contributed by atoms with Gasteiger partial charge in [-0.3, -0.25) is 0 Å². The minimum Gasteiger partial charge on any atom is -0.489 e. The van der Waals surface area contributed by atoms with Gasteiger partial charge < -0.3 is 18.9 Å². The van der Waals surface area contributed by atoms with Crippen molar-refractivity contribution < 1.29 is 18.9 Å². The largest absolute Gasteiger partial charge is 0.489 e. The minimum atomic E-state index is -0.398. The molecule has 35 heavy (non-hydrogen) atoms. The maximum Gasteiger partial charge on any atom is 0.174 e. The van der Waals surface area contributed by atoms with Crippen molar-refractivity contribution in [1.29, 1.82) is 0 Å². The number of unbranched alkanes of at least 4 members (excludes halogenated alkanes) is 1. The molecule has 0 N–H and O–H groups in total. The zero-order chi connectivity index (χ0) is 23.9. The van der Waals surface area contributed by atoms with Crippen LogP contribution < -0.4 is 4.74 Å². The van der Waals surface area contributed by atoms with Crippen molar-refractivity contribution in [3.8, 4) is 5.75 Å². The van der Waals surface area contributed by atoms with E-state index in [9.17, 15) is 0 Å². The minimum absolute atomic E-state index is 0.0256. The molecule has 2 aromatic carbocycles. The second-order valence-electron chi connectivity index (χ2n) is 11.3. The van der Waals surface area contributed by atoms with Crippen LogP contribution in [0.1, 0.15) is 75.0 Å². The zero-order valence-electron chi connectivity index (χ0n) is 21.3. The van der Waals surface area contributed by atoms with E-state index < -0.39 is 5.79 Å². The molecule has 4 heteroatoms. The van der Waals surface area contributed by atoms with Gasteiger partial charge in [-0.15, -0.1) is 0 Å². The van der Waals surface area contributed by atoms with Crippen LogP contribution in [0.15, 0.2) is 48.5 Å². The first-order chi connectivity index (χ1) is 17.1. The average Bonchev–Trinajstić information content (AvgIpc) is 3.48. The molecule has 5 atom stereocenters. The number of aryl methyl sites for hydroxylation is 1. The number of hydrogen-bond acceptors (Lipinski definition) is 4. The molecule has 1 spiro atoms. The predicted molar refractivity (Wildman–Crippen MR) is 136 cm³/mol. The van der Waals surface area contributed by atoms with Crippen LogP contribution in [-0.2, 0) is 27.2 Å². The van der Waals surface area contributed by atoms with Crippen molar-refractivity contribution in [3.05, 3.63) is 65.2 Å². The highest BCUT2D eigenvalue weighted by molar-refractivity contribution is 5.42. The molecule has 6 rings (SSSR count). The summed E-state index contributed by atoms with van der Waals surface area (Å²) >= 11 is 0. The summed E-state index contributed by atoms with van der Waals surface area (Å²) in [5.74, 6) is 2.27. The van der Waals surface area contributed by atoms with Crippen molar-refractivity contribution >= 4 is 0 Å². The van der Waals surface area contributed by atoms with E-state index in [1.807, 2.05) is 6.07 Å². The summed E-state index contributed by atoms with van der Waals surface area (Å²) < 4.78 is 25.7. The second kappa shape index (κ2) is 9.53. The van der Waals surface area contributed by atoms with Crippen molar-refractivity contribution in [2.75, 3.05) is 19.8 Å². The van der Waals surface area contributed by atoms with E-state index in [-0.39, 0.29) is 11.5 Å². The molecule has 1 saturated heterocycles. The first-order valence-corrected chi connectivity index (χ1v) is 13.8. The Hall–Kier alpha value is -1.88. The highest BCUT2D eigenvalue weighted by Crippen LogP contribution is 2.66. The van der Waals surface area contributed by atoms with Gasteiger partial charge >= 0.3 is 0 Å². The highest BCUT2D eigenvalue weighted by Gasteiger charge is 2.67. The Kier molecular flexibility index (Phi) is 6.41. The van der Waals surface area contributed by atoms with Crippen molar-refractivity contribution in [2.45, 2.75) is 83.2 Å². The molecule has 4 nitrogen and oxygen atoms in total. The van der Waals surface area contributed by atoms with Crippen LogP contribution in [0, 0.1) is 17.3 Å². The van der Waals surface area contributed by atoms with Crippen LogP contribution >= 0.6 is 0 Å². The topological polar surface area (TPSA) is 36.9 Å². The molecule has 3 aliphatic carbocycles. The van der Waals surface area contributed by atoms with E-state index in [1.165, 1.54) is 29.5 Å². The lowest BCUT2D eigenvalue weighted by molar-refractivity contribution is -0.249. The van der Waals surface area contributed by atoms with Crippen LogP contribution in [-0.4, -0.2) is 31.7 Å². The van der Waals surface area contributed by atoms with Crippen molar-refractivity contribution in [3.63, 3.8) is 0 Å². The lowest BCUT2D eigenvalue weighted by Crippen LogP contribution is -2.56. The van der Waals surface area contributed by atoms with Crippen LogP contribution in [0.25, 0.3) is 0 Å². The molecule has 1 aliphatic heterocycles. The Morgan fingerprint density at radius 3 is 2.66 bits per heavy atom. The van der Waals surface area contributed by atoms with Gasteiger partial charge in [0.15, 0.2) is 5.79 Å². The fourth-order valence-corrected chi connectivity index (χ4v) is 7.86. The van der Waals surface area contributed by atoms with E-state index in [0.29, 0.717) is 24.4 Å². The number of ether oxygens (including phenoxy) is 4. The number of fused-ring (bicyclic) bond motifs is 6. The van der Waals surface area contributed by atoms with Crippen LogP contribution in [0.3, 0.4) is 0 Å². The first kappa shape index (κ1) is 23.5. The molecule has 0 bridgehead atoms. The Morgan fingerprint density at radius 2 is 1.86 bits per heavy atom. The third kappa shape index (κ3) is 4.02. The summed E-state index contributed by atoms with van der Waals surface area (Å²) in [4.78, 5) is 0. The van der Waals surface area contributed by atoms with Gasteiger partial charge in [0.1, 0.15) is 12.4 Å². The van der Waals surface area contributed by atoms with Gasteiger partial charge in [-0.05, 0) is 72.8 Å². The molecule has 4 aliphatic rings. The molecule has 188 valence electrons. The maximum atomic E-state index is 6.72. The van der Waals surface area contributed by atoms with Gasteiger partial charge in [0.05, 0.1) is 19.3 Å². The molecule has 2 saturated carbocycles. The van der Waals surface area contributed by atoms with Gasteiger partial charge in [0, 0.05) is 24.4 Å². The fourth-order valence-electron chi connectivity index (χ4n) is 7.86. The van der Waals surface area contributed by atoms with E-state index in [2.05, 4.69) is 56.3 Å². The van der Waals surface area contributed by atoms with E-state index in [4.69, 9.17) is 18.9 Å². The second-order valence-corrected chi connectivity index (χ2v) is 11.3. The number of rotatable bonds is 7. The summed E-state index contributed by atoms with van der Waals surface area (Å²) in [5.41, 5.74) is 4.17. The van der Waals surface area contributed by atoms with Crippen LogP contribution in [0.5, 0.6) is 5.75 Å². The van der Waals surface area contributed by atoms with Gasteiger partial charge in [-0.2, -0.15) is 0 Å². The van der Waals surface area contributed by atoms with Crippen LogP contribution in [0.4, 0.5) is 0 Å². The number of benzene rings is 2. The Bertz CT molecular complexity index is 1010. The van der Waals surface area contributed by atoms with Gasteiger partial charge in [-0.1, -0.05) is 56.7 Å². The standard InChI is InChI=1S/C31H40O4/c1-3-4-16-32-28-20-30(2)27(14-15-31(30)34-17-18-35-31)26-12-10-23-19-24(11-13-25(23)29(26)28)33-21-22-8-6-5-7-9-22/h5-9,11,13,19,26-29H,3-4,10,12,14-18,20-21H2,1-2H3/t26-,27-,28-,29+,30-/m0/s1. The Morgan fingerprint density at radius 1 is 1.03 bits per heavy atom. The number of hydrogen-bond donors (Lipinski definition) is 0. The SMILES string of the molecule is CCCCO[C@H]1C[C@@]2(C)[C@@H](CCC23OCCO3)[C@@H]2CCc3cc(OCc4ccccc4)ccc3[C@H]21.